The molecule has 0 aromatic heterocycles. The summed E-state index contributed by atoms with van der Waals surface area (Å²) in [4.78, 5) is 25.7. The smallest absolute Gasteiger partial charge is 0.410 e. The molecule has 7 heteroatoms. The molecule has 154 valence electrons. The van der Waals surface area contributed by atoms with Gasteiger partial charge in [-0.25, -0.2) is 18.4 Å². The Kier molecular flexibility index (Phi) is 6.80. The lowest BCUT2D eigenvalue weighted by molar-refractivity contribution is -0.137. The summed E-state index contributed by atoms with van der Waals surface area (Å²) >= 11 is 0. The second-order valence-corrected chi connectivity index (χ2v) is 7.75. The van der Waals surface area contributed by atoms with E-state index in [0.717, 1.165) is 6.08 Å². The molecule has 0 bridgehead atoms. The van der Waals surface area contributed by atoms with Crippen LogP contribution in [0.3, 0.4) is 0 Å². The Labute approximate surface area is 164 Å². The number of amides is 1. The maximum Gasteiger partial charge on any atom is 0.410 e. The molecule has 1 aromatic rings. The molecule has 2 rings (SSSR count). The van der Waals surface area contributed by atoms with E-state index in [0.29, 0.717) is 5.56 Å². The number of ether oxygens (including phenoxy) is 2. The van der Waals surface area contributed by atoms with Gasteiger partial charge in [-0.05, 0) is 45.4 Å². The van der Waals surface area contributed by atoms with Gasteiger partial charge in [-0.3, -0.25) is 0 Å². The van der Waals surface area contributed by atoms with Crippen LogP contribution in [0.1, 0.15) is 46.1 Å². The molecule has 1 fully saturated rings. The van der Waals surface area contributed by atoms with E-state index in [4.69, 9.17) is 9.47 Å². The highest BCUT2D eigenvalue weighted by Crippen LogP contribution is 2.40. The molecule has 1 aliphatic rings. The number of esters is 1. The van der Waals surface area contributed by atoms with Gasteiger partial charge in [0.15, 0.2) is 0 Å². The zero-order chi connectivity index (χ0) is 20.9. The van der Waals surface area contributed by atoms with E-state index in [2.05, 4.69) is 0 Å². The summed E-state index contributed by atoms with van der Waals surface area (Å²) < 4.78 is 39.4. The van der Waals surface area contributed by atoms with Gasteiger partial charge in [0.1, 0.15) is 17.1 Å². The van der Waals surface area contributed by atoms with Gasteiger partial charge in [0.05, 0.1) is 6.61 Å². The van der Waals surface area contributed by atoms with Crippen molar-refractivity contribution in [3.63, 3.8) is 0 Å². The summed E-state index contributed by atoms with van der Waals surface area (Å²) in [5.41, 5.74) is -1.94. The van der Waals surface area contributed by atoms with Crippen molar-refractivity contribution < 1.29 is 27.8 Å². The summed E-state index contributed by atoms with van der Waals surface area (Å²) in [6, 6.07) is 5.30. The lowest BCUT2D eigenvalue weighted by Gasteiger charge is -2.38. The third-order valence-corrected chi connectivity index (χ3v) is 4.39. The third kappa shape index (κ3) is 5.78. The molecular formula is C21H27F2NO4. The molecule has 1 heterocycles. The molecule has 0 N–H and O–H groups in total. The first-order valence-corrected chi connectivity index (χ1v) is 9.36. The summed E-state index contributed by atoms with van der Waals surface area (Å²) in [5, 5.41) is 0. The van der Waals surface area contributed by atoms with Crippen molar-refractivity contribution in [2.75, 3.05) is 19.7 Å². The third-order valence-electron chi connectivity index (χ3n) is 4.39. The average molecular weight is 395 g/mol. The molecule has 28 heavy (non-hydrogen) atoms. The Bertz CT molecular complexity index is 730. The minimum absolute atomic E-state index is 0.00510. The standard InChI is InChI=1S/C21H27F2NO4/c1-5-27-18(25)14-17(15-6-8-16(22)9-7-15)21(23)10-12-24(13-11-21)19(26)28-20(2,3)4/h6-9,14H,5,10-13H2,1-4H3/b17-14+. The van der Waals surface area contributed by atoms with Crippen molar-refractivity contribution in [2.45, 2.75) is 51.8 Å². The minimum atomic E-state index is -1.84. The fourth-order valence-corrected chi connectivity index (χ4v) is 3.04. The topological polar surface area (TPSA) is 55.8 Å². The van der Waals surface area contributed by atoms with Crippen LogP contribution < -0.4 is 0 Å². The van der Waals surface area contributed by atoms with Crippen LogP contribution in [0.15, 0.2) is 30.3 Å². The van der Waals surface area contributed by atoms with Crippen LogP contribution in [0.25, 0.3) is 5.57 Å². The van der Waals surface area contributed by atoms with Crippen molar-refractivity contribution in [3.05, 3.63) is 41.7 Å². The number of piperidine rings is 1. The lowest BCUT2D eigenvalue weighted by Crippen LogP contribution is -2.46. The summed E-state index contributed by atoms with van der Waals surface area (Å²) in [5.74, 6) is -1.11. The van der Waals surface area contributed by atoms with Gasteiger partial charge >= 0.3 is 12.1 Å². The zero-order valence-electron chi connectivity index (χ0n) is 16.8. The van der Waals surface area contributed by atoms with Crippen molar-refractivity contribution in [1.82, 2.24) is 4.90 Å². The number of carbonyl (C=O) groups excluding carboxylic acids is 2. The Morgan fingerprint density at radius 1 is 1.18 bits per heavy atom. The first kappa shape index (κ1) is 21.9. The maximum atomic E-state index is 15.8. The van der Waals surface area contributed by atoms with Gasteiger partial charge in [-0.1, -0.05) is 12.1 Å². The molecule has 1 amide bonds. The number of rotatable bonds is 4. The molecule has 0 saturated carbocycles. The second kappa shape index (κ2) is 8.71. The number of alkyl halides is 1. The number of likely N-dealkylation sites (tertiary alicyclic amines) is 1. The molecular weight excluding hydrogens is 368 g/mol. The highest BCUT2D eigenvalue weighted by molar-refractivity contribution is 5.93. The highest BCUT2D eigenvalue weighted by Gasteiger charge is 2.41. The predicted octanol–water partition coefficient (Wildman–Crippen LogP) is 4.51. The fourth-order valence-electron chi connectivity index (χ4n) is 3.04. The molecule has 1 aromatic carbocycles. The summed E-state index contributed by atoms with van der Waals surface area (Å²) in [6.45, 7) is 7.42. The lowest BCUT2D eigenvalue weighted by atomic mass is 9.82. The van der Waals surface area contributed by atoms with Crippen LogP contribution in [0.2, 0.25) is 0 Å². The van der Waals surface area contributed by atoms with E-state index in [-0.39, 0.29) is 38.1 Å². The van der Waals surface area contributed by atoms with Gasteiger partial charge in [-0.2, -0.15) is 0 Å². The molecule has 1 saturated heterocycles. The summed E-state index contributed by atoms with van der Waals surface area (Å²) in [7, 11) is 0. The molecule has 0 atom stereocenters. The van der Waals surface area contributed by atoms with Crippen LogP contribution >= 0.6 is 0 Å². The van der Waals surface area contributed by atoms with Crippen LogP contribution in [0.4, 0.5) is 13.6 Å². The van der Waals surface area contributed by atoms with Gasteiger partial charge < -0.3 is 14.4 Å². The predicted molar refractivity (Wildman–Crippen MR) is 102 cm³/mol. The van der Waals surface area contributed by atoms with Crippen molar-refractivity contribution >= 4 is 17.6 Å². The number of nitrogens with zero attached hydrogens (tertiary/aromatic N) is 1. The van der Waals surface area contributed by atoms with Crippen LogP contribution in [-0.4, -0.2) is 47.9 Å². The number of hydrogen-bond donors (Lipinski definition) is 0. The number of allylic oxidation sites excluding steroid dienone is 1. The first-order chi connectivity index (χ1) is 13.0. The monoisotopic (exact) mass is 395 g/mol. The SMILES string of the molecule is CCOC(=O)/C=C(\c1ccc(F)cc1)C1(F)CCN(C(=O)OC(C)(C)C)CC1. The minimum Gasteiger partial charge on any atom is -0.463 e. The molecule has 5 nitrogen and oxygen atoms in total. The van der Waals surface area contributed by atoms with E-state index in [1.807, 2.05) is 0 Å². The van der Waals surface area contributed by atoms with E-state index in [1.54, 1.807) is 27.7 Å². The van der Waals surface area contributed by atoms with Crippen molar-refractivity contribution in [1.29, 1.82) is 0 Å². The van der Waals surface area contributed by atoms with Gasteiger partial charge in [0.25, 0.3) is 0 Å². The first-order valence-electron chi connectivity index (χ1n) is 9.36. The van der Waals surface area contributed by atoms with Gasteiger partial charge in [-0.15, -0.1) is 0 Å². The molecule has 1 aliphatic heterocycles. The van der Waals surface area contributed by atoms with Gasteiger partial charge in [0, 0.05) is 37.6 Å². The van der Waals surface area contributed by atoms with E-state index < -0.39 is 29.1 Å². The number of hydrogen-bond acceptors (Lipinski definition) is 4. The molecule has 0 radical (unpaired) electrons. The Morgan fingerprint density at radius 2 is 1.75 bits per heavy atom. The number of halogens is 2. The van der Waals surface area contributed by atoms with Crippen molar-refractivity contribution in [3.8, 4) is 0 Å². The molecule has 0 unspecified atom stereocenters. The number of carbonyl (C=O) groups is 2. The van der Waals surface area contributed by atoms with E-state index >= 15 is 4.39 Å². The van der Waals surface area contributed by atoms with Crippen LogP contribution in [0, 0.1) is 5.82 Å². The van der Waals surface area contributed by atoms with E-state index in [1.165, 1.54) is 29.2 Å². The summed E-state index contributed by atoms with van der Waals surface area (Å²) in [6.07, 6.45) is 0.621. The molecule has 0 aliphatic carbocycles. The average Bonchev–Trinajstić information content (AvgIpc) is 2.60. The van der Waals surface area contributed by atoms with Crippen molar-refractivity contribution in [2.24, 2.45) is 0 Å². The zero-order valence-corrected chi connectivity index (χ0v) is 16.8. The largest absolute Gasteiger partial charge is 0.463 e. The highest BCUT2D eigenvalue weighted by atomic mass is 19.1. The Hall–Kier alpha value is -2.44. The Morgan fingerprint density at radius 3 is 2.25 bits per heavy atom. The second-order valence-electron chi connectivity index (χ2n) is 7.75. The maximum absolute atomic E-state index is 15.8. The van der Waals surface area contributed by atoms with Crippen LogP contribution in [0.5, 0.6) is 0 Å². The van der Waals surface area contributed by atoms with Gasteiger partial charge in [0.2, 0.25) is 0 Å². The number of benzene rings is 1. The normalized spacial score (nSPS) is 17.2. The Balaban J connectivity index is 2.23. The quantitative estimate of drug-likeness (QED) is 0.556. The molecule has 0 spiro atoms. The van der Waals surface area contributed by atoms with Crippen LogP contribution in [-0.2, 0) is 14.3 Å². The fraction of sp³-hybridized carbons (Fsp3) is 0.524. The van der Waals surface area contributed by atoms with E-state index in [9.17, 15) is 14.0 Å².